The quantitative estimate of drug-likeness (QED) is 0.924. The summed E-state index contributed by atoms with van der Waals surface area (Å²) in [6.45, 7) is 5.61. The molecule has 1 atom stereocenters. The van der Waals surface area contributed by atoms with Crippen molar-refractivity contribution in [2.45, 2.75) is 44.9 Å². The van der Waals surface area contributed by atoms with Gasteiger partial charge in [-0.05, 0) is 51.9 Å². The molecule has 1 saturated heterocycles. The normalized spacial score (nSPS) is 18.9. The second kappa shape index (κ2) is 7.29. The fourth-order valence-electron chi connectivity index (χ4n) is 2.81. The van der Waals surface area contributed by atoms with Crippen LogP contribution in [0.25, 0.3) is 0 Å². The van der Waals surface area contributed by atoms with E-state index in [1.54, 1.807) is 6.07 Å². The number of piperidine rings is 1. The van der Waals surface area contributed by atoms with Gasteiger partial charge in [-0.15, -0.1) is 0 Å². The minimum absolute atomic E-state index is 0.187. The minimum atomic E-state index is -4.57. The number of likely N-dealkylation sites (tertiary alicyclic amines) is 1. The molecule has 0 aliphatic carbocycles. The number of hydrogen-bond donors (Lipinski definition) is 1. The lowest BCUT2D eigenvalue weighted by atomic mass is 9.94. The van der Waals surface area contributed by atoms with Crippen molar-refractivity contribution >= 4 is 5.91 Å². The number of pyridine rings is 1. The molecular formula is C16H22F3N3O. The van der Waals surface area contributed by atoms with E-state index in [0.29, 0.717) is 18.9 Å². The number of alkyl halides is 3. The third-order valence-corrected chi connectivity index (χ3v) is 4.23. The van der Waals surface area contributed by atoms with Crippen LogP contribution in [0.4, 0.5) is 13.2 Å². The summed E-state index contributed by atoms with van der Waals surface area (Å²) < 4.78 is 39.7. The van der Waals surface area contributed by atoms with Crippen molar-refractivity contribution < 1.29 is 18.0 Å². The highest BCUT2D eigenvalue weighted by Crippen LogP contribution is 2.32. The number of rotatable bonds is 4. The lowest BCUT2D eigenvalue weighted by Crippen LogP contribution is -2.46. The number of nitrogens with zero attached hydrogens (tertiary/aromatic N) is 2. The Balaban J connectivity index is 2.02. The van der Waals surface area contributed by atoms with Gasteiger partial charge in [0.2, 0.25) is 5.91 Å². The zero-order valence-electron chi connectivity index (χ0n) is 13.3. The average Bonchev–Trinajstić information content (AvgIpc) is 2.52. The van der Waals surface area contributed by atoms with E-state index in [-0.39, 0.29) is 11.6 Å². The summed E-state index contributed by atoms with van der Waals surface area (Å²) in [5.74, 6) is -0.917. The topological polar surface area (TPSA) is 45.2 Å². The van der Waals surface area contributed by atoms with Crippen LogP contribution < -0.4 is 5.32 Å². The summed E-state index contributed by atoms with van der Waals surface area (Å²) in [6, 6.07) is 2.63. The maximum Gasteiger partial charge on any atom is 0.414 e. The molecule has 0 saturated carbocycles. The number of nitrogens with one attached hydrogen (secondary N) is 1. The summed E-state index contributed by atoms with van der Waals surface area (Å²) >= 11 is 0. The van der Waals surface area contributed by atoms with Gasteiger partial charge in [-0.1, -0.05) is 6.07 Å². The Morgan fingerprint density at radius 1 is 1.30 bits per heavy atom. The van der Waals surface area contributed by atoms with E-state index < -0.39 is 18.1 Å². The maximum absolute atomic E-state index is 13.2. The van der Waals surface area contributed by atoms with Crippen molar-refractivity contribution in [3.8, 4) is 0 Å². The molecule has 1 N–H and O–H groups in total. The van der Waals surface area contributed by atoms with Crippen molar-refractivity contribution in [3.63, 3.8) is 0 Å². The van der Waals surface area contributed by atoms with Crippen LogP contribution in [-0.4, -0.2) is 41.1 Å². The van der Waals surface area contributed by atoms with Crippen molar-refractivity contribution in [2.75, 3.05) is 13.1 Å². The van der Waals surface area contributed by atoms with Gasteiger partial charge in [-0.3, -0.25) is 9.78 Å². The van der Waals surface area contributed by atoms with Crippen molar-refractivity contribution in [1.82, 2.24) is 15.2 Å². The molecule has 4 nitrogen and oxygen atoms in total. The van der Waals surface area contributed by atoms with E-state index in [1.165, 1.54) is 18.3 Å². The number of hydrogen-bond acceptors (Lipinski definition) is 3. The van der Waals surface area contributed by atoms with Gasteiger partial charge in [0.15, 0.2) is 6.04 Å². The molecule has 1 aromatic rings. The summed E-state index contributed by atoms with van der Waals surface area (Å²) in [5.41, 5.74) is -0.187. The first-order valence-electron chi connectivity index (χ1n) is 7.81. The SMILES string of the molecule is CC(C)N1CCC(C(=O)N[C@H](c2ccccn2)C(F)(F)F)CC1. The fourth-order valence-corrected chi connectivity index (χ4v) is 2.81. The van der Waals surface area contributed by atoms with Gasteiger partial charge in [0.25, 0.3) is 0 Å². The van der Waals surface area contributed by atoms with Gasteiger partial charge < -0.3 is 10.2 Å². The van der Waals surface area contributed by atoms with Crippen molar-refractivity contribution in [3.05, 3.63) is 30.1 Å². The predicted octanol–water partition coefficient (Wildman–Crippen LogP) is 2.92. The van der Waals surface area contributed by atoms with Crippen LogP contribution in [0.1, 0.15) is 38.4 Å². The third kappa shape index (κ3) is 4.67. The number of carbonyl (C=O) groups is 1. The molecule has 128 valence electrons. The Morgan fingerprint density at radius 2 is 1.96 bits per heavy atom. The van der Waals surface area contributed by atoms with Crippen LogP contribution in [-0.2, 0) is 4.79 Å². The highest BCUT2D eigenvalue weighted by molar-refractivity contribution is 5.79. The molecule has 2 rings (SSSR count). The first kappa shape index (κ1) is 17.7. The van der Waals surface area contributed by atoms with Crippen LogP contribution in [0.3, 0.4) is 0 Å². The molecule has 1 aliphatic rings. The summed E-state index contributed by atoms with van der Waals surface area (Å²) in [5, 5.41) is 2.14. The third-order valence-electron chi connectivity index (χ3n) is 4.23. The monoisotopic (exact) mass is 329 g/mol. The van der Waals surface area contributed by atoms with E-state index in [9.17, 15) is 18.0 Å². The lowest BCUT2D eigenvalue weighted by Gasteiger charge is -2.34. The molecule has 0 bridgehead atoms. The molecule has 0 unspecified atom stereocenters. The molecule has 1 aliphatic heterocycles. The standard InChI is InChI=1S/C16H22F3N3O/c1-11(2)22-9-6-12(7-10-22)15(23)21-14(16(17,18)19)13-5-3-4-8-20-13/h3-5,8,11-12,14H,6-7,9-10H2,1-2H3,(H,21,23)/t14-/m1/s1. The summed E-state index contributed by atoms with van der Waals surface area (Å²) in [4.78, 5) is 18.2. The maximum atomic E-state index is 13.2. The molecule has 1 aromatic heterocycles. The first-order valence-corrected chi connectivity index (χ1v) is 7.81. The Bertz CT molecular complexity index is 511. The molecule has 2 heterocycles. The Labute approximate surface area is 134 Å². The Hall–Kier alpha value is -1.63. The van der Waals surface area contributed by atoms with Gasteiger partial charge in [0, 0.05) is 18.2 Å². The van der Waals surface area contributed by atoms with Crippen molar-refractivity contribution in [2.24, 2.45) is 5.92 Å². The van der Waals surface area contributed by atoms with E-state index in [1.807, 2.05) is 0 Å². The van der Waals surface area contributed by atoms with Gasteiger partial charge >= 0.3 is 6.18 Å². The highest BCUT2D eigenvalue weighted by atomic mass is 19.4. The Morgan fingerprint density at radius 3 is 2.43 bits per heavy atom. The highest BCUT2D eigenvalue weighted by Gasteiger charge is 2.43. The fraction of sp³-hybridized carbons (Fsp3) is 0.625. The zero-order chi connectivity index (χ0) is 17.0. The van der Waals surface area contributed by atoms with E-state index in [0.717, 1.165) is 13.1 Å². The number of amides is 1. The average molecular weight is 329 g/mol. The van der Waals surface area contributed by atoms with Crippen LogP contribution >= 0.6 is 0 Å². The van der Waals surface area contributed by atoms with Gasteiger partial charge in [0.1, 0.15) is 0 Å². The van der Waals surface area contributed by atoms with E-state index >= 15 is 0 Å². The van der Waals surface area contributed by atoms with E-state index in [4.69, 9.17) is 0 Å². The van der Waals surface area contributed by atoms with Gasteiger partial charge in [-0.2, -0.15) is 13.2 Å². The number of carbonyl (C=O) groups excluding carboxylic acids is 1. The molecule has 1 amide bonds. The molecule has 7 heteroatoms. The molecular weight excluding hydrogens is 307 g/mol. The van der Waals surface area contributed by atoms with Crippen molar-refractivity contribution in [1.29, 1.82) is 0 Å². The zero-order valence-corrected chi connectivity index (χ0v) is 13.3. The smallest absolute Gasteiger partial charge is 0.339 e. The lowest BCUT2D eigenvalue weighted by molar-refractivity contribution is -0.165. The van der Waals surface area contributed by atoms with Crippen LogP contribution in [0, 0.1) is 5.92 Å². The predicted molar refractivity (Wildman–Crippen MR) is 80.6 cm³/mol. The molecule has 23 heavy (non-hydrogen) atoms. The van der Waals surface area contributed by atoms with Gasteiger partial charge in [-0.25, -0.2) is 0 Å². The Kier molecular flexibility index (Phi) is 5.62. The second-order valence-electron chi connectivity index (χ2n) is 6.14. The number of aromatic nitrogens is 1. The number of halogens is 3. The largest absolute Gasteiger partial charge is 0.414 e. The molecule has 0 spiro atoms. The summed E-state index contributed by atoms with van der Waals surface area (Å²) in [6.07, 6.45) is -2.11. The summed E-state index contributed by atoms with van der Waals surface area (Å²) in [7, 11) is 0. The minimum Gasteiger partial charge on any atom is -0.339 e. The first-order chi connectivity index (χ1) is 10.8. The second-order valence-corrected chi connectivity index (χ2v) is 6.14. The van der Waals surface area contributed by atoms with Crippen LogP contribution in [0.15, 0.2) is 24.4 Å². The van der Waals surface area contributed by atoms with Gasteiger partial charge in [0.05, 0.1) is 5.69 Å². The molecule has 0 aromatic carbocycles. The van der Waals surface area contributed by atoms with Crippen LogP contribution in [0.2, 0.25) is 0 Å². The molecule has 1 fully saturated rings. The van der Waals surface area contributed by atoms with Crippen LogP contribution in [0.5, 0.6) is 0 Å². The molecule has 0 radical (unpaired) electrons. The van der Waals surface area contributed by atoms with E-state index in [2.05, 4.69) is 29.0 Å².